The fourth-order valence-corrected chi connectivity index (χ4v) is 3.53. The van der Waals surface area contributed by atoms with Crippen LogP contribution in [0.4, 0.5) is 0 Å². The van der Waals surface area contributed by atoms with Crippen LogP contribution in [0.15, 0.2) is 41.3 Å². The zero-order valence-corrected chi connectivity index (χ0v) is 14.6. The molecule has 0 fully saturated rings. The normalized spacial score (nSPS) is 11.7. The first-order chi connectivity index (χ1) is 10.5. The van der Waals surface area contributed by atoms with Crippen LogP contribution in [0, 0.1) is 18.8 Å². The highest BCUT2D eigenvalue weighted by Crippen LogP contribution is 2.24. The summed E-state index contributed by atoms with van der Waals surface area (Å²) < 4.78 is 26.6. The van der Waals surface area contributed by atoms with Crippen LogP contribution in [0.1, 0.15) is 26.3 Å². The zero-order valence-electron chi connectivity index (χ0n) is 13.8. The van der Waals surface area contributed by atoms with Crippen LogP contribution in [0.3, 0.4) is 0 Å². The van der Waals surface area contributed by atoms with E-state index in [1.165, 1.54) is 12.1 Å². The summed E-state index contributed by atoms with van der Waals surface area (Å²) in [4.78, 5) is 11.2. The predicted molar refractivity (Wildman–Crippen MR) is 89.4 cm³/mol. The second-order valence-electron chi connectivity index (χ2n) is 5.81. The molecule has 0 spiro atoms. The van der Waals surface area contributed by atoms with Crippen molar-refractivity contribution in [3.8, 4) is 11.8 Å². The van der Waals surface area contributed by atoms with Crippen molar-refractivity contribution in [2.75, 3.05) is 6.54 Å². The number of hydrogen-bond acceptors (Lipinski definition) is 3. The molecule has 0 amide bonds. The summed E-state index contributed by atoms with van der Waals surface area (Å²) in [7, 11) is -4.00. The Balaban J connectivity index is 3.41. The van der Waals surface area contributed by atoms with Gasteiger partial charge in [0, 0.05) is 0 Å². The van der Waals surface area contributed by atoms with Crippen molar-refractivity contribution in [3.05, 3.63) is 42.0 Å². The fraction of sp³-hybridized carbons (Fsp3) is 0.353. The minimum absolute atomic E-state index is 0.0366. The van der Waals surface area contributed by atoms with E-state index in [9.17, 15) is 13.2 Å². The highest BCUT2D eigenvalue weighted by molar-refractivity contribution is 7.89. The number of carboxylic acid groups (broad SMARTS) is 1. The number of allylic oxidation sites excluding steroid dienone is 1. The van der Waals surface area contributed by atoms with Crippen molar-refractivity contribution in [1.82, 2.24) is 4.31 Å². The SMILES string of the molecule is C=C(C)C#CC(C)(C)N(CC(=O)O)S(=O)(=O)c1ccc(C)cc1. The van der Waals surface area contributed by atoms with Gasteiger partial charge in [-0.3, -0.25) is 4.79 Å². The molecule has 0 aromatic heterocycles. The molecular weight excluding hydrogens is 314 g/mol. The molecule has 1 rings (SSSR count). The number of nitrogens with zero attached hydrogens (tertiary/aromatic N) is 1. The topological polar surface area (TPSA) is 74.7 Å². The van der Waals surface area contributed by atoms with Crippen LogP contribution in [0.5, 0.6) is 0 Å². The van der Waals surface area contributed by atoms with Crippen molar-refractivity contribution >= 4 is 16.0 Å². The summed E-state index contributed by atoms with van der Waals surface area (Å²) in [5.41, 5.74) is 0.289. The third-order valence-electron chi connectivity index (χ3n) is 3.09. The molecule has 0 aliphatic heterocycles. The van der Waals surface area contributed by atoms with E-state index in [1.54, 1.807) is 32.9 Å². The second-order valence-corrected chi connectivity index (χ2v) is 7.67. The predicted octanol–water partition coefficient (Wildman–Crippen LogP) is 2.43. The molecule has 0 unspecified atom stereocenters. The molecule has 0 radical (unpaired) electrons. The van der Waals surface area contributed by atoms with Crippen LogP contribution in [0.2, 0.25) is 0 Å². The Hall–Kier alpha value is -2.10. The quantitative estimate of drug-likeness (QED) is 0.839. The van der Waals surface area contributed by atoms with Gasteiger partial charge in [-0.1, -0.05) is 36.1 Å². The van der Waals surface area contributed by atoms with Gasteiger partial charge in [-0.2, -0.15) is 4.31 Å². The molecule has 1 aromatic carbocycles. The maximum atomic E-state index is 12.8. The molecule has 0 saturated carbocycles. The molecular formula is C17H21NO4S. The van der Waals surface area contributed by atoms with E-state index in [1.807, 2.05) is 6.92 Å². The maximum Gasteiger partial charge on any atom is 0.318 e. The Kier molecular flexibility index (Phi) is 5.75. The standard InChI is InChI=1S/C17H21NO4S/c1-13(2)10-11-17(4,5)18(12-16(19)20)23(21,22)15-8-6-14(3)7-9-15/h6-9H,1,12H2,2-5H3,(H,19,20). The molecule has 0 aliphatic carbocycles. The van der Waals surface area contributed by atoms with Crippen molar-refractivity contribution < 1.29 is 18.3 Å². The number of carboxylic acids is 1. The van der Waals surface area contributed by atoms with Crippen molar-refractivity contribution in [3.63, 3.8) is 0 Å². The average molecular weight is 335 g/mol. The van der Waals surface area contributed by atoms with Gasteiger partial charge in [0.05, 0.1) is 10.4 Å². The number of benzene rings is 1. The fourth-order valence-electron chi connectivity index (χ4n) is 1.87. The van der Waals surface area contributed by atoms with Gasteiger partial charge in [-0.25, -0.2) is 8.42 Å². The molecule has 0 saturated heterocycles. The molecule has 5 nitrogen and oxygen atoms in total. The molecule has 23 heavy (non-hydrogen) atoms. The highest BCUT2D eigenvalue weighted by Gasteiger charge is 2.37. The average Bonchev–Trinajstić information content (AvgIpc) is 2.43. The van der Waals surface area contributed by atoms with Crippen LogP contribution in [0.25, 0.3) is 0 Å². The summed E-state index contributed by atoms with van der Waals surface area (Å²) in [6.07, 6.45) is 0. The van der Waals surface area contributed by atoms with Gasteiger partial charge in [0.25, 0.3) is 0 Å². The van der Waals surface area contributed by atoms with E-state index in [0.29, 0.717) is 5.57 Å². The Morgan fingerprint density at radius 1 is 1.30 bits per heavy atom. The molecule has 1 N–H and O–H groups in total. The van der Waals surface area contributed by atoms with E-state index in [-0.39, 0.29) is 4.90 Å². The van der Waals surface area contributed by atoms with E-state index < -0.39 is 28.1 Å². The monoisotopic (exact) mass is 335 g/mol. The van der Waals surface area contributed by atoms with Crippen molar-refractivity contribution in [2.24, 2.45) is 0 Å². The smallest absolute Gasteiger partial charge is 0.318 e. The van der Waals surface area contributed by atoms with Crippen molar-refractivity contribution in [2.45, 2.75) is 38.1 Å². The van der Waals surface area contributed by atoms with Gasteiger partial charge < -0.3 is 5.11 Å². The summed E-state index contributed by atoms with van der Waals surface area (Å²) in [6.45, 7) is 9.65. The van der Waals surface area contributed by atoms with Crippen LogP contribution < -0.4 is 0 Å². The highest BCUT2D eigenvalue weighted by atomic mass is 32.2. The Labute approximate surface area is 137 Å². The van der Waals surface area contributed by atoms with E-state index in [0.717, 1.165) is 9.87 Å². The first kappa shape index (κ1) is 18.9. The Morgan fingerprint density at radius 2 is 1.83 bits per heavy atom. The van der Waals surface area contributed by atoms with Gasteiger partial charge >= 0.3 is 5.97 Å². The lowest BCUT2D eigenvalue weighted by Crippen LogP contribution is -2.49. The third-order valence-corrected chi connectivity index (χ3v) is 5.13. The molecule has 124 valence electrons. The zero-order chi connectivity index (χ0) is 17.8. The number of rotatable bonds is 5. The summed E-state index contributed by atoms with van der Waals surface area (Å²) in [5.74, 6) is 4.27. The van der Waals surface area contributed by atoms with Gasteiger partial charge in [-0.15, -0.1) is 0 Å². The minimum atomic E-state index is -4.00. The van der Waals surface area contributed by atoms with Crippen LogP contribution in [-0.4, -0.2) is 35.9 Å². The van der Waals surface area contributed by atoms with Crippen LogP contribution >= 0.6 is 0 Å². The van der Waals surface area contributed by atoms with Gasteiger partial charge in [0.1, 0.15) is 6.54 Å². The van der Waals surface area contributed by atoms with E-state index in [2.05, 4.69) is 18.4 Å². The molecule has 6 heteroatoms. The second kappa shape index (κ2) is 6.99. The lowest BCUT2D eigenvalue weighted by Gasteiger charge is -2.32. The summed E-state index contributed by atoms with van der Waals surface area (Å²) in [5, 5.41) is 9.11. The lowest BCUT2D eigenvalue weighted by atomic mass is 10.1. The lowest BCUT2D eigenvalue weighted by molar-refractivity contribution is -0.137. The van der Waals surface area contributed by atoms with Gasteiger partial charge in [0.2, 0.25) is 10.0 Å². The molecule has 0 aliphatic rings. The summed E-state index contributed by atoms with van der Waals surface area (Å²) >= 11 is 0. The van der Waals surface area contributed by atoms with Gasteiger partial charge in [0.15, 0.2) is 0 Å². The number of hydrogen-bond donors (Lipinski definition) is 1. The Morgan fingerprint density at radius 3 is 2.26 bits per heavy atom. The number of aliphatic carboxylic acids is 1. The third kappa shape index (κ3) is 4.95. The van der Waals surface area contributed by atoms with E-state index >= 15 is 0 Å². The molecule has 0 bridgehead atoms. The number of carbonyl (C=O) groups is 1. The van der Waals surface area contributed by atoms with Crippen LogP contribution in [-0.2, 0) is 14.8 Å². The first-order valence-corrected chi connectivity index (χ1v) is 8.41. The maximum absolute atomic E-state index is 12.8. The number of aryl methyl sites for hydroxylation is 1. The molecule has 0 heterocycles. The number of sulfonamides is 1. The minimum Gasteiger partial charge on any atom is -0.480 e. The molecule has 1 aromatic rings. The molecule has 0 atom stereocenters. The summed E-state index contributed by atoms with van der Waals surface area (Å²) in [6, 6.07) is 6.25. The van der Waals surface area contributed by atoms with E-state index in [4.69, 9.17) is 5.11 Å². The Bertz CT molecular complexity index is 765. The first-order valence-electron chi connectivity index (χ1n) is 6.97. The van der Waals surface area contributed by atoms with Gasteiger partial charge in [-0.05, 0) is 45.4 Å². The van der Waals surface area contributed by atoms with Crippen molar-refractivity contribution in [1.29, 1.82) is 0 Å². The largest absolute Gasteiger partial charge is 0.480 e.